The number of halogens is 1. The molecule has 1 saturated heterocycles. The van der Waals surface area contributed by atoms with Crippen LogP contribution < -0.4 is 0 Å². The number of hydrogen-bond donors (Lipinski definition) is 0. The molecule has 84 valence electrons. The molecule has 1 aromatic carbocycles. The average molecular weight is 235 g/mol. The van der Waals surface area contributed by atoms with Gasteiger partial charge < -0.3 is 4.90 Å². The van der Waals surface area contributed by atoms with E-state index in [-0.39, 0.29) is 5.50 Å². The van der Waals surface area contributed by atoms with E-state index in [9.17, 15) is 0 Å². The van der Waals surface area contributed by atoms with E-state index in [1.807, 2.05) is 12.1 Å². The smallest absolute Gasteiger partial charge is 0.132 e. The first-order chi connectivity index (χ1) is 7.86. The third kappa shape index (κ3) is 1.61. The summed E-state index contributed by atoms with van der Waals surface area (Å²) in [6, 6.07) is 8.20. The molecule has 2 heterocycles. The number of rotatable bonds is 0. The van der Waals surface area contributed by atoms with Crippen molar-refractivity contribution in [2.75, 3.05) is 6.54 Å². The minimum Gasteiger partial charge on any atom is -0.340 e. The van der Waals surface area contributed by atoms with Crippen molar-refractivity contribution in [3.63, 3.8) is 0 Å². The fraction of sp³-hybridized carbons (Fsp3) is 0.462. The second kappa shape index (κ2) is 4.10. The van der Waals surface area contributed by atoms with Gasteiger partial charge in [0.1, 0.15) is 11.3 Å². The molecule has 3 rings (SSSR count). The van der Waals surface area contributed by atoms with E-state index < -0.39 is 0 Å². The zero-order valence-corrected chi connectivity index (χ0v) is 9.95. The van der Waals surface area contributed by atoms with Crippen LogP contribution in [-0.2, 0) is 0 Å². The Balaban J connectivity index is 2.05. The number of benzene rings is 1. The van der Waals surface area contributed by atoms with E-state index in [0.717, 1.165) is 24.2 Å². The summed E-state index contributed by atoms with van der Waals surface area (Å²) in [5, 5.41) is 0. The zero-order chi connectivity index (χ0) is 11.0. The van der Waals surface area contributed by atoms with E-state index in [2.05, 4.69) is 17.0 Å². The predicted octanol–water partition coefficient (Wildman–Crippen LogP) is 3.84. The lowest BCUT2D eigenvalue weighted by atomic mass is 10.1. The van der Waals surface area contributed by atoms with Crippen molar-refractivity contribution >= 4 is 23.1 Å². The molecule has 1 unspecified atom stereocenters. The molecule has 0 N–H and O–H groups in total. The minimum atomic E-state index is -0.0261. The summed E-state index contributed by atoms with van der Waals surface area (Å²) in [7, 11) is 0. The Labute approximate surface area is 101 Å². The van der Waals surface area contributed by atoms with Crippen LogP contribution in [-0.4, -0.2) is 17.3 Å². The second-order valence-electron chi connectivity index (χ2n) is 4.43. The number of amidine groups is 1. The van der Waals surface area contributed by atoms with Crippen LogP contribution in [0, 0.1) is 0 Å². The number of aliphatic imine (C=N–C) groups is 1. The van der Waals surface area contributed by atoms with Gasteiger partial charge in [-0.15, -0.1) is 0 Å². The molecular weight excluding hydrogens is 220 g/mol. The summed E-state index contributed by atoms with van der Waals surface area (Å²) in [5.74, 6) is 1.18. The van der Waals surface area contributed by atoms with Gasteiger partial charge in [0.05, 0.1) is 5.69 Å². The van der Waals surface area contributed by atoms with Gasteiger partial charge in [-0.2, -0.15) is 0 Å². The van der Waals surface area contributed by atoms with Crippen molar-refractivity contribution in [2.45, 2.75) is 31.2 Å². The summed E-state index contributed by atoms with van der Waals surface area (Å²) in [5.41, 5.74) is 2.17. The van der Waals surface area contributed by atoms with Gasteiger partial charge in [-0.25, -0.2) is 4.99 Å². The molecule has 0 aliphatic carbocycles. The first-order valence-corrected chi connectivity index (χ1v) is 6.37. The van der Waals surface area contributed by atoms with Crippen LogP contribution >= 0.6 is 11.6 Å². The van der Waals surface area contributed by atoms with Gasteiger partial charge in [-0.1, -0.05) is 36.2 Å². The second-order valence-corrected chi connectivity index (χ2v) is 4.84. The van der Waals surface area contributed by atoms with Gasteiger partial charge in [-0.3, -0.25) is 0 Å². The molecule has 2 aliphatic rings. The van der Waals surface area contributed by atoms with Gasteiger partial charge in [0.15, 0.2) is 0 Å². The van der Waals surface area contributed by atoms with E-state index in [1.54, 1.807) is 0 Å². The minimum absolute atomic E-state index is 0.0261. The lowest BCUT2D eigenvalue weighted by Crippen LogP contribution is -2.34. The largest absolute Gasteiger partial charge is 0.340 e. The summed E-state index contributed by atoms with van der Waals surface area (Å²) in [6.45, 7) is 1.04. The Morgan fingerprint density at radius 2 is 2.06 bits per heavy atom. The fourth-order valence-corrected chi connectivity index (χ4v) is 2.87. The SMILES string of the molecule is ClC1c2ccccc2N=C2CCCCCN21. The number of alkyl halides is 1. The Morgan fingerprint density at radius 1 is 1.19 bits per heavy atom. The highest BCUT2D eigenvalue weighted by Crippen LogP contribution is 2.38. The molecule has 1 atom stereocenters. The van der Waals surface area contributed by atoms with Crippen LogP contribution in [0.25, 0.3) is 0 Å². The predicted molar refractivity (Wildman–Crippen MR) is 67.3 cm³/mol. The van der Waals surface area contributed by atoms with Gasteiger partial charge in [0.25, 0.3) is 0 Å². The van der Waals surface area contributed by atoms with Crippen LogP contribution in [0.15, 0.2) is 29.3 Å². The molecular formula is C13H15ClN2. The molecule has 16 heavy (non-hydrogen) atoms. The van der Waals surface area contributed by atoms with Gasteiger partial charge in [0, 0.05) is 18.5 Å². The van der Waals surface area contributed by atoms with Crippen molar-refractivity contribution in [3.8, 4) is 0 Å². The normalized spacial score (nSPS) is 24.2. The number of fused-ring (bicyclic) bond motifs is 2. The average Bonchev–Trinajstić information content (AvgIpc) is 2.55. The quantitative estimate of drug-likeness (QED) is 0.492. The Hall–Kier alpha value is -1.02. The van der Waals surface area contributed by atoms with E-state index in [4.69, 9.17) is 16.6 Å². The molecule has 2 nitrogen and oxygen atoms in total. The summed E-state index contributed by atoms with van der Waals surface area (Å²) < 4.78 is 0. The molecule has 0 spiro atoms. The summed E-state index contributed by atoms with van der Waals surface area (Å²) >= 11 is 6.54. The van der Waals surface area contributed by atoms with Gasteiger partial charge in [0.2, 0.25) is 0 Å². The molecule has 3 heteroatoms. The highest BCUT2D eigenvalue weighted by molar-refractivity contribution is 6.22. The molecule has 0 saturated carbocycles. The number of nitrogens with zero attached hydrogens (tertiary/aromatic N) is 2. The standard InChI is InChI=1S/C13H15ClN2/c14-13-10-6-3-4-7-11(10)15-12-8-2-1-5-9-16(12)13/h3-4,6-7,13H,1-2,5,8-9H2. The third-order valence-corrected chi connectivity index (χ3v) is 3.82. The highest BCUT2D eigenvalue weighted by atomic mass is 35.5. The molecule has 1 aromatic rings. The third-order valence-electron chi connectivity index (χ3n) is 3.35. The van der Waals surface area contributed by atoms with Crippen molar-refractivity contribution in [3.05, 3.63) is 29.8 Å². The van der Waals surface area contributed by atoms with Crippen molar-refractivity contribution in [2.24, 2.45) is 4.99 Å². The number of hydrogen-bond acceptors (Lipinski definition) is 2. The van der Waals surface area contributed by atoms with E-state index >= 15 is 0 Å². The van der Waals surface area contributed by atoms with Crippen molar-refractivity contribution < 1.29 is 0 Å². The van der Waals surface area contributed by atoms with Crippen LogP contribution in [0.2, 0.25) is 0 Å². The van der Waals surface area contributed by atoms with Crippen molar-refractivity contribution in [1.82, 2.24) is 4.90 Å². The Kier molecular flexibility index (Phi) is 2.60. The molecule has 1 fully saturated rings. The summed E-state index contributed by atoms with van der Waals surface area (Å²) in [4.78, 5) is 7.00. The number of para-hydroxylation sites is 1. The highest BCUT2D eigenvalue weighted by Gasteiger charge is 2.28. The van der Waals surface area contributed by atoms with Crippen LogP contribution in [0.3, 0.4) is 0 Å². The lowest BCUT2D eigenvalue weighted by Gasteiger charge is -2.33. The molecule has 0 aromatic heterocycles. The molecule has 0 bridgehead atoms. The Morgan fingerprint density at radius 3 is 3.00 bits per heavy atom. The lowest BCUT2D eigenvalue weighted by molar-refractivity contribution is 0.387. The molecule has 0 radical (unpaired) electrons. The topological polar surface area (TPSA) is 15.6 Å². The van der Waals surface area contributed by atoms with Gasteiger partial charge in [-0.05, 0) is 18.9 Å². The molecule has 2 aliphatic heterocycles. The van der Waals surface area contributed by atoms with Crippen LogP contribution in [0.4, 0.5) is 5.69 Å². The van der Waals surface area contributed by atoms with E-state index in [1.165, 1.54) is 25.1 Å². The summed E-state index contributed by atoms with van der Waals surface area (Å²) in [6.07, 6.45) is 4.82. The fourth-order valence-electron chi connectivity index (χ4n) is 2.48. The monoisotopic (exact) mass is 234 g/mol. The van der Waals surface area contributed by atoms with Crippen molar-refractivity contribution in [1.29, 1.82) is 0 Å². The zero-order valence-electron chi connectivity index (χ0n) is 9.19. The van der Waals surface area contributed by atoms with E-state index in [0.29, 0.717) is 0 Å². The molecule has 0 amide bonds. The maximum Gasteiger partial charge on any atom is 0.132 e. The Bertz CT molecular complexity index is 428. The first-order valence-electron chi connectivity index (χ1n) is 5.93. The first kappa shape index (κ1) is 10.2. The maximum atomic E-state index is 6.54. The maximum absolute atomic E-state index is 6.54. The van der Waals surface area contributed by atoms with Gasteiger partial charge >= 0.3 is 0 Å². The van der Waals surface area contributed by atoms with Crippen LogP contribution in [0.1, 0.15) is 36.7 Å². The van der Waals surface area contributed by atoms with Crippen LogP contribution in [0.5, 0.6) is 0 Å².